The Morgan fingerprint density at radius 2 is 1.43 bits per heavy atom. The van der Waals surface area contributed by atoms with Gasteiger partial charge in [0.25, 0.3) is 5.91 Å². The Hall–Kier alpha value is -5.23. The predicted molar refractivity (Wildman–Crippen MR) is 203 cm³/mol. The average Bonchev–Trinajstić information content (AvgIpc) is 3.49. The third kappa shape index (κ3) is 14.0. The molecular weight excluding hydrogens is 674 g/mol. The maximum absolute atomic E-state index is 13.4. The predicted octanol–water partition coefficient (Wildman–Crippen LogP) is 6.20. The molecule has 1 heterocycles. The van der Waals surface area contributed by atoms with Crippen molar-refractivity contribution in [2.24, 2.45) is 5.10 Å². The van der Waals surface area contributed by atoms with Crippen molar-refractivity contribution >= 4 is 30.0 Å². The second kappa shape index (κ2) is 21.3. The van der Waals surface area contributed by atoms with Crippen LogP contribution < -0.4 is 10.6 Å². The van der Waals surface area contributed by atoms with Crippen molar-refractivity contribution in [1.29, 1.82) is 0 Å². The lowest BCUT2D eigenvalue weighted by Crippen LogP contribution is -2.41. The van der Waals surface area contributed by atoms with Crippen molar-refractivity contribution in [3.05, 3.63) is 95.1 Å². The van der Waals surface area contributed by atoms with Gasteiger partial charge in [0, 0.05) is 24.6 Å². The summed E-state index contributed by atoms with van der Waals surface area (Å²) in [5.74, 6) is -0.160. The number of benzene rings is 3. The van der Waals surface area contributed by atoms with E-state index < -0.39 is 18.0 Å². The van der Waals surface area contributed by atoms with E-state index in [1.165, 1.54) is 18.3 Å². The molecule has 12 heteroatoms. The highest BCUT2D eigenvalue weighted by Gasteiger charge is 2.26. The number of nitrogens with one attached hydrogen (secondary N) is 2. The van der Waals surface area contributed by atoms with Gasteiger partial charge < -0.3 is 25.5 Å². The van der Waals surface area contributed by atoms with Crippen LogP contribution in [0.25, 0.3) is 0 Å². The van der Waals surface area contributed by atoms with Crippen LogP contribution in [-0.4, -0.2) is 80.9 Å². The molecule has 0 bridgehead atoms. The first-order valence-corrected chi connectivity index (χ1v) is 18.7. The number of imide groups is 1. The number of aromatic hydroxyl groups is 2. The molecule has 0 aromatic heterocycles. The van der Waals surface area contributed by atoms with Crippen LogP contribution in [-0.2, 0) is 16.0 Å². The van der Waals surface area contributed by atoms with E-state index >= 15 is 0 Å². The summed E-state index contributed by atoms with van der Waals surface area (Å²) in [6.45, 7) is 2.69. The van der Waals surface area contributed by atoms with Crippen molar-refractivity contribution in [3.8, 4) is 11.5 Å². The number of urea groups is 1. The Morgan fingerprint density at radius 1 is 0.849 bits per heavy atom. The van der Waals surface area contributed by atoms with Gasteiger partial charge in [0.2, 0.25) is 11.8 Å². The number of aliphatic hydroxyl groups is 1. The summed E-state index contributed by atoms with van der Waals surface area (Å²) in [4.78, 5) is 50.5. The van der Waals surface area contributed by atoms with Gasteiger partial charge in [-0.15, -0.1) is 0 Å². The maximum atomic E-state index is 13.4. The summed E-state index contributed by atoms with van der Waals surface area (Å²) in [5.41, 5.74) is 2.97. The number of hydrogen-bond donors (Lipinski definition) is 5. The Morgan fingerprint density at radius 3 is 2.04 bits per heavy atom. The molecule has 0 aliphatic carbocycles. The van der Waals surface area contributed by atoms with Gasteiger partial charge in [-0.25, -0.2) is 9.80 Å². The number of carbonyl (C=O) groups excluding carboxylic acids is 4. The molecule has 5 N–H and O–H groups in total. The van der Waals surface area contributed by atoms with E-state index in [9.17, 15) is 34.5 Å². The van der Waals surface area contributed by atoms with Crippen LogP contribution in [0.5, 0.6) is 11.5 Å². The summed E-state index contributed by atoms with van der Waals surface area (Å²) in [6, 6.07) is 19.7. The van der Waals surface area contributed by atoms with Crippen molar-refractivity contribution in [2.45, 2.75) is 96.1 Å². The lowest BCUT2D eigenvalue weighted by atomic mass is 10.0. The Kier molecular flexibility index (Phi) is 16.3. The fourth-order valence-electron chi connectivity index (χ4n) is 6.18. The van der Waals surface area contributed by atoms with E-state index in [4.69, 9.17) is 0 Å². The molecule has 1 fully saturated rings. The van der Waals surface area contributed by atoms with Crippen LogP contribution in [0, 0.1) is 0 Å². The summed E-state index contributed by atoms with van der Waals surface area (Å²) in [5, 5.41) is 40.3. The molecule has 1 aliphatic rings. The molecule has 2 atom stereocenters. The molecule has 0 saturated carbocycles. The van der Waals surface area contributed by atoms with E-state index in [0.29, 0.717) is 29.7 Å². The molecule has 53 heavy (non-hydrogen) atoms. The van der Waals surface area contributed by atoms with E-state index in [-0.39, 0.29) is 42.4 Å². The topological polar surface area (TPSA) is 172 Å². The van der Waals surface area contributed by atoms with Crippen molar-refractivity contribution < 1.29 is 34.5 Å². The van der Waals surface area contributed by atoms with E-state index in [2.05, 4.69) is 15.7 Å². The highest BCUT2D eigenvalue weighted by Crippen LogP contribution is 2.22. The summed E-state index contributed by atoms with van der Waals surface area (Å²) < 4.78 is 0. The van der Waals surface area contributed by atoms with Gasteiger partial charge in [-0.05, 0) is 85.7 Å². The molecule has 4 rings (SSSR count). The first kappa shape index (κ1) is 40.5. The number of phenols is 2. The van der Waals surface area contributed by atoms with Crippen LogP contribution in [0.4, 0.5) is 4.79 Å². The summed E-state index contributed by atoms with van der Waals surface area (Å²) >= 11 is 0. The molecule has 3 aromatic rings. The zero-order valence-electron chi connectivity index (χ0n) is 30.6. The lowest BCUT2D eigenvalue weighted by Gasteiger charge is -2.32. The number of aryl methyl sites for hydroxylation is 1. The number of nitrogens with zero attached hydrogens (tertiary/aromatic N) is 3. The molecule has 1 saturated heterocycles. The number of hydrazone groups is 1. The first-order valence-electron chi connectivity index (χ1n) is 18.7. The highest BCUT2D eigenvalue weighted by molar-refractivity contribution is 6.02. The third-order valence-corrected chi connectivity index (χ3v) is 9.43. The average molecular weight is 728 g/mol. The molecule has 0 radical (unpaired) electrons. The Labute approximate surface area is 311 Å². The second-order valence-electron chi connectivity index (χ2n) is 13.7. The second-order valence-corrected chi connectivity index (χ2v) is 13.7. The van der Waals surface area contributed by atoms with Crippen LogP contribution >= 0.6 is 0 Å². The first-order chi connectivity index (χ1) is 25.6. The fourth-order valence-corrected chi connectivity index (χ4v) is 6.18. The molecule has 12 nitrogen and oxygen atoms in total. The zero-order valence-corrected chi connectivity index (χ0v) is 30.6. The summed E-state index contributed by atoms with van der Waals surface area (Å²) in [7, 11) is 0. The van der Waals surface area contributed by atoms with Crippen molar-refractivity contribution in [2.75, 3.05) is 19.6 Å². The molecular formula is C41H53N5O7. The minimum Gasteiger partial charge on any atom is -0.508 e. The number of phenolic OH excluding ortho intramolecular Hbond substituents is 2. The van der Waals surface area contributed by atoms with Gasteiger partial charge in [0.05, 0.1) is 18.9 Å². The van der Waals surface area contributed by atoms with Crippen LogP contribution in [0.1, 0.15) is 111 Å². The molecule has 284 valence electrons. The molecule has 1 aliphatic heterocycles. The van der Waals surface area contributed by atoms with E-state index in [1.54, 1.807) is 53.4 Å². The largest absolute Gasteiger partial charge is 0.508 e. The third-order valence-electron chi connectivity index (χ3n) is 9.43. The highest BCUT2D eigenvalue weighted by atomic mass is 16.3. The van der Waals surface area contributed by atoms with Crippen molar-refractivity contribution in [3.63, 3.8) is 0 Å². The van der Waals surface area contributed by atoms with Crippen LogP contribution in [0.15, 0.2) is 77.9 Å². The van der Waals surface area contributed by atoms with Gasteiger partial charge in [-0.3, -0.25) is 19.7 Å². The Balaban J connectivity index is 1.06. The minimum atomic E-state index is -0.861. The zero-order chi connectivity index (χ0) is 38.0. The number of amides is 5. The lowest BCUT2D eigenvalue weighted by molar-refractivity contribution is -0.135. The number of rotatable bonds is 22. The Bertz CT molecular complexity index is 1640. The van der Waals surface area contributed by atoms with Crippen LogP contribution in [0.2, 0.25) is 0 Å². The standard InChI is InChI=1S/C41H53N5O7/c1-30(12-13-31-16-22-35(47)23-17-31)45(28-37(49)33-20-24-36(48)25-21-33)39(51)11-9-7-5-3-2-4-6-8-10-26-42-40(52)34-18-14-32(15-19-34)27-43-46-29-38(50)44-41(46)53/h14-25,27,30,37,47-49H,2-13,26,28-29H2,1H3,(H,42,52)(H,44,50,53)/b43-27+. The van der Waals surface area contributed by atoms with Gasteiger partial charge in [-0.2, -0.15) is 5.10 Å². The number of carbonyl (C=O) groups is 4. The monoisotopic (exact) mass is 727 g/mol. The molecule has 0 spiro atoms. The van der Waals surface area contributed by atoms with E-state index in [1.807, 2.05) is 19.1 Å². The normalized spacial score (nSPS) is 14.0. The van der Waals surface area contributed by atoms with E-state index in [0.717, 1.165) is 81.2 Å². The van der Waals surface area contributed by atoms with Gasteiger partial charge in [0.1, 0.15) is 18.0 Å². The van der Waals surface area contributed by atoms with Crippen molar-refractivity contribution in [1.82, 2.24) is 20.5 Å². The van der Waals surface area contributed by atoms with Gasteiger partial charge in [0.15, 0.2) is 0 Å². The summed E-state index contributed by atoms with van der Waals surface area (Å²) in [6.07, 6.45) is 11.8. The minimum absolute atomic E-state index is 0.0314. The maximum Gasteiger partial charge on any atom is 0.344 e. The number of hydrogen-bond acceptors (Lipinski definition) is 8. The molecule has 2 unspecified atom stereocenters. The van der Waals surface area contributed by atoms with Gasteiger partial charge >= 0.3 is 6.03 Å². The number of aliphatic hydroxyl groups excluding tert-OH is 1. The molecule has 5 amide bonds. The SMILES string of the molecule is CC(CCc1ccc(O)cc1)N(CC(O)c1ccc(O)cc1)C(=O)CCCCCCCCCCCNC(=O)c1ccc(/C=N/N2CC(=O)NC2=O)cc1. The molecule has 3 aromatic carbocycles. The van der Waals surface area contributed by atoms with Crippen LogP contribution in [0.3, 0.4) is 0 Å². The smallest absolute Gasteiger partial charge is 0.344 e. The number of unbranched alkanes of at least 4 members (excludes halogenated alkanes) is 8. The van der Waals surface area contributed by atoms with Gasteiger partial charge in [-0.1, -0.05) is 81.3 Å². The fraction of sp³-hybridized carbons (Fsp3) is 0.439. The quantitative estimate of drug-likeness (QED) is 0.0466.